The van der Waals surface area contributed by atoms with Gasteiger partial charge >= 0.3 is 5.69 Å². The molecular weight excluding hydrogens is 196 g/mol. The van der Waals surface area contributed by atoms with Crippen molar-refractivity contribution in [2.45, 2.75) is 25.0 Å². The van der Waals surface area contributed by atoms with E-state index in [2.05, 4.69) is 4.98 Å². The standard InChI is InChI=1S/C10H12N2O3/c13-8-3-1-7(2-4-8)12-6-5-9(14)11-10(12)15/h1,3,5-8,13H,2,4H2,(H,11,14,15). The number of rotatable bonds is 1. The summed E-state index contributed by atoms with van der Waals surface area (Å²) in [5.41, 5.74) is -0.801. The highest BCUT2D eigenvalue weighted by Gasteiger charge is 2.15. The van der Waals surface area contributed by atoms with Gasteiger partial charge in [0.1, 0.15) is 0 Å². The highest BCUT2D eigenvalue weighted by molar-refractivity contribution is 5.02. The molecule has 2 rings (SSSR count). The Balaban J connectivity index is 2.35. The monoisotopic (exact) mass is 208 g/mol. The summed E-state index contributed by atoms with van der Waals surface area (Å²) in [5.74, 6) is 0. The van der Waals surface area contributed by atoms with E-state index < -0.39 is 17.4 Å². The molecule has 0 saturated carbocycles. The normalized spacial score (nSPS) is 25.4. The fraction of sp³-hybridized carbons (Fsp3) is 0.400. The molecule has 2 N–H and O–H groups in total. The number of hydrogen-bond acceptors (Lipinski definition) is 3. The maximum absolute atomic E-state index is 11.4. The Kier molecular flexibility index (Phi) is 2.55. The van der Waals surface area contributed by atoms with Crippen molar-refractivity contribution in [3.05, 3.63) is 45.3 Å². The summed E-state index contributed by atoms with van der Waals surface area (Å²) in [5, 5.41) is 9.26. The summed E-state index contributed by atoms with van der Waals surface area (Å²) in [6, 6.07) is 1.25. The average molecular weight is 208 g/mol. The molecular formula is C10H12N2O3. The molecule has 1 aromatic heterocycles. The predicted molar refractivity (Wildman–Crippen MR) is 54.7 cm³/mol. The van der Waals surface area contributed by atoms with E-state index in [0.29, 0.717) is 12.8 Å². The lowest BCUT2D eigenvalue weighted by molar-refractivity contribution is 0.194. The fourth-order valence-electron chi connectivity index (χ4n) is 1.71. The Morgan fingerprint density at radius 3 is 2.73 bits per heavy atom. The third-order valence-corrected chi connectivity index (χ3v) is 2.52. The van der Waals surface area contributed by atoms with Crippen molar-refractivity contribution >= 4 is 0 Å². The lowest BCUT2D eigenvalue weighted by atomic mass is 10.0. The molecule has 80 valence electrons. The van der Waals surface area contributed by atoms with Crippen molar-refractivity contribution in [1.29, 1.82) is 0 Å². The fourth-order valence-corrected chi connectivity index (χ4v) is 1.71. The second kappa shape index (κ2) is 3.86. The van der Waals surface area contributed by atoms with Gasteiger partial charge in [0.15, 0.2) is 0 Å². The zero-order chi connectivity index (χ0) is 10.8. The second-order valence-electron chi connectivity index (χ2n) is 3.61. The van der Waals surface area contributed by atoms with Crippen LogP contribution in [0.15, 0.2) is 34.0 Å². The molecule has 1 aromatic rings. The van der Waals surface area contributed by atoms with E-state index in [9.17, 15) is 14.7 Å². The zero-order valence-electron chi connectivity index (χ0n) is 8.09. The first-order valence-corrected chi connectivity index (χ1v) is 4.84. The minimum atomic E-state index is -0.417. The summed E-state index contributed by atoms with van der Waals surface area (Å²) in [4.78, 5) is 24.5. The summed E-state index contributed by atoms with van der Waals surface area (Å²) in [7, 11) is 0. The molecule has 0 aromatic carbocycles. The van der Waals surface area contributed by atoms with Crippen LogP contribution in [-0.4, -0.2) is 20.8 Å². The van der Waals surface area contributed by atoms with Gasteiger partial charge in [0, 0.05) is 12.3 Å². The second-order valence-corrected chi connectivity index (χ2v) is 3.61. The van der Waals surface area contributed by atoms with Crippen LogP contribution < -0.4 is 11.2 Å². The number of nitrogens with zero attached hydrogens (tertiary/aromatic N) is 1. The van der Waals surface area contributed by atoms with E-state index in [1.165, 1.54) is 16.8 Å². The first-order valence-electron chi connectivity index (χ1n) is 4.84. The van der Waals surface area contributed by atoms with Crippen molar-refractivity contribution in [3.8, 4) is 0 Å². The van der Waals surface area contributed by atoms with Crippen LogP contribution in [0.5, 0.6) is 0 Å². The number of hydrogen-bond donors (Lipinski definition) is 2. The van der Waals surface area contributed by atoms with Crippen LogP contribution in [0.2, 0.25) is 0 Å². The van der Waals surface area contributed by atoms with Crippen molar-refractivity contribution in [2.24, 2.45) is 0 Å². The van der Waals surface area contributed by atoms with Gasteiger partial charge < -0.3 is 5.11 Å². The molecule has 0 fully saturated rings. The highest BCUT2D eigenvalue weighted by Crippen LogP contribution is 2.20. The molecule has 2 unspecified atom stereocenters. The summed E-state index contributed by atoms with van der Waals surface area (Å²) < 4.78 is 1.46. The molecule has 5 nitrogen and oxygen atoms in total. The molecule has 0 amide bonds. The third-order valence-electron chi connectivity index (χ3n) is 2.52. The Labute approximate surface area is 85.7 Å². The maximum atomic E-state index is 11.4. The van der Waals surface area contributed by atoms with Gasteiger partial charge in [0.25, 0.3) is 5.56 Å². The van der Waals surface area contributed by atoms with Gasteiger partial charge in [-0.15, -0.1) is 0 Å². The van der Waals surface area contributed by atoms with Crippen LogP contribution in [0.25, 0.3) is 0 Å². The Morgan fingerprint density at radius 2 is 2.13 bits per heavy atom. The minimum Gasteiger partial charge on any atom is -0.389 e. The number of aromatic nitrogens is 2. The summed E-state index contributed by atoms with van der Waals surface area (Å²) in [6.07, 6.45) is 5.85. The van der Waals surface area contributed by atoms with E-state index >= 15 is 0 Å². The summed E-state index contributed by atoms with van der Waals surface area (Å²) in [6.45, 7) is 0. The first-order chi connectivity index (χ1) is 7.16. The molecule has 0 radical (unpaired) electrons. The number of H-pyrrole nitrogens is 1. The average Bonchev–Trinajstić information content (AvgIpc) is 2.20. The largest absolute Gasteiger partial charge is 0.389 e. The first kappa shape index (κ1) is 9.92. The molecule has 15 heavy (non-hydrogen) atoms. The Morgan fingerprint density at radius 1 is 1.33 bits per heavy atom. The molecule has 1 aliphatic carbocycles. The highest BCUT2D eigenvalue weighted by atomic mass is 16.3. The lowest BCUT2D eigenvalue weighted by Crippen LogP contribution is -2.32. The molecule has 0 aliphatic heterocycles. The van der Waals surface area contributed by atoms with Crippen LogP contribution in [0, 0.1) is 0 Å². The van der Waals surface area contributed by atoms with Crippen molar-refractivity contribution < 1.29 is 5.11 Å². The SMILES string of the molecule is O=c1ccn(C2C=CC(O)CC2)c(=O)[nH]1. The van der Waals surface area contributed by atoms with Gasteiger partial charge in [-0.25, -0.2) is 4.79 Å². The van der Waals surface area contributed by atoms with Crippen molar-refractivity contribution in [1.82, 2.24) is 9.55 Å². The van der Waals surface area contributed by atoms with E-state index in [0.717, 1.165) is 0 Å². The summed E-state index contributed by atoms with van der Waals surface area (Å²) >= 11 is 0. The van der Waals surface area contributed by atoms with Crippen LogP contribution in [0.4, 0.5) is 0 Å². The smallest absolute Gasteiger partial charge is 0.328 e. The van der Waals surface area contributed by atoms with Crippen LogP contribution in [-0.2, 0) is 0 Å². The van der Waals surface area contributed by atoms with Crippen molar-refractivity contribution in [2.75, 3.05) is 0 Å². The van der Waals surface area contributed by atoms with Gasteiger partial charge in [-0.3, -0.25) is 14.3 Å². The number of aliphatic hydroxyl groups excluding tert-OH is 1. The van der Waals surface area contributed by atoms with Gasteiger partial charge in [-0.1, -0.05) is 12.2 Å². The Hall–Kier alpha value is -1.62. The predicted octanol–water partition coefficient (Wildman–Crippen LogP) is -0.211. The van der Waals surface area contributed by atoms with Crippen LogP contribution in [0.1, 0.15) is 18.9 Å². The molecule has 1 aliphatic rings. The number of allylic oxidation sites excluding steroid dienone is 1. The quantitative estimate of drug-likeness (QED) is 0.627. The molecule has 0 saturated heterocycles. The lowest BCUT2D eigenvalue weighted by Gasteiger charge is -2.21. The topological polar surface area (TPSA) is 75.1 Å². The molecule has 1 heterocycles. The minimum absolute atomic E-state index is 0.0715. The van der Waals surface area contributed by atoms with Crippen LogP contribution in [0.3, 0.4) is 0 Å². The van der Waals surface area contributed by atoms with Crippen molar-refractivity contribution in [3.63, 3.8) is 0 Å². The maximum Gasteiger partial charge on any atom is 0.328 e. The molecule has 5 heteroatoms. The zero-order valence-corrected chi connectivity index (χ0v) is 8.09. The van der Waals surface area contributed by atoms with E-state index in [1.807, 2.05) is 0 Å². The van der Waals surface area contributed by atoms with E-state index in [-0.39, 0.29) is 6.04 Å². The van der Waals surface area contributed by atoms with E-state index in [1.54, 1.807) is 12.2 Å². The number of aliphatic hydroxyl groups is 1. The molecule has 2 atom stereocenters. The van der Waals surface area contributed by atoms with Gasteiger partial charge in [-0.2, -0.15) is 0 Å². The van der Waals surface area contributed by atoms with Gasteiger partial charge in [0.2, 0.25) is 0 Å². The number of aromatic amines is 1. The van der Waals surface area contributed by atoms with Crippen LogP contribution >= 0.6 is 0 Å². The Bertz CT molecular complexity index is 486. The van der Waals surface area contributed by atoms with E-state index in [4.69, 9.17) is 0 Å². The molecule has 0 bridgehead atoms. The number of nitrogens with one attached hydrogen (secondary N) is 1. The third kappa shape index (κ3) is 2.07. The van der Waals surface area contributed by atoms with Gasteiger partial charge in [-0.05, 0) is 12.8 Å². The molecule has 0 spiro atoms. The van der Waals surface area contributed by atoms with Gasteiger partial charge in [0.05, 0.1) is 12.1 Å².